The Hall–Kier alpha value is -1.35. The van der Waals surface area contributed by atoms with Gasteiger partial charge in [0.2, 0.25) is 0 Å². The van der Waals surface area contributed by atoms with Crippen LogP contribution in [0.2, 0.25) is 0 Å². The van der Waals surface area contributed by atoms with Crippen molar-refractivity contribution in [3.05, 3.63) is 45.9 Å². The van der Waals surface area contributed by atoms with Gasteiger partial charge >= 0.3 is 0 Å². The summed E-state index contributed by atoms with van der Waals surface area (Å²) < 4.78 is 0. The number of nitrogens with zero attached hydrogens (tertiary/aromatic N) is 1. The maximum absolute atomic E-state index is 5.66. The van der Waals surface area contributed by atoms with Crippen molar-refractivity contribution in [2.24, 2.45) is 0 Å². The predicted octanol–water partition coefficient (Wildman–Crippen LogP) is 2.62. The summed E-state index contributed by atoms with van der Waals surface area (Å²) in [6, 6.07) is 6.27. The summed E-state index contributed by atoms with van der Waals surface area (Å²) in [5.41, 5.74) is 7.56. The minimum Gasteiger partial charge on any atom is -0.397 e. The lowest BCUT2D eigenvalue weighted by molar-refractivity contribution is 1.18. The van der Waals surface area contributed by atoms with Gasteiger partial charge in [0.1, 0.15) is 0 Å². The lowest BCUT2D eigenvalue weighted by Crippen LogP contribution is -1.90. The molecule has 14 heavy (non-hydrogen) atoms. The lowest BCUT2D eigenvalue weighted by Gasteiger charge is -1.98. The summed E-state index contributed by atoms with van der Waals surface area (Å²) in [5.74, 6) is 0. The molecule has 0 saturated carbocycles. The van der Waals surface area contributed by atoms with Crippen LogP contribution >= 0.6 is 11.3 Å². The Balaban J connectivity index is 2.18. The van der Waals surface area contributed by atoms with Gasteiger partial charge in [-0.3, -0.25) is 4.98 Å². The number of anilines is 1. The van der Waals surface area contributed by atoms with E-state index in [9.17, 15) is 0 Å². The molecular formula is C11H12N2S. The van der Waals surface area contributed by atoms with Gasteiger partial charge in [-0.1, -0.05) is 0 Å². The molecule has 2 rings (SSSR count). The van der Waals surface area contributed by atoms with Crippen LogP contribution < -0.4 is 5.73 Å². The van der Waals surface area contributed by atoms with Crippen LogP contribution in [0.15, 0.2) is 30.6 Å². The highest BCUT2D eigenvalue weighted by Gasteiger charge is 1.99. The fraction of sp³-hybridized carbons (Fsp3) is 0.182. The molecule has 0 aliphatic heterocycles. The van der Waals surface area contributed by atoms with E-state index in [1.165, 1.54) is 15.3 Å². The number of rotatable bonds is 2. The Bertz CT molecular complexity index is 434. The van der Waals surface area contributed by atoms with Gasteiger partial charge in [0.25, 0.3) is 0 Å². The Kier molecular flexibility index (Phi) is 2.50. The van der Waals surface area contributed by atoms with E-state index in [1.807, 2.05) is 23.6 Å². The molecule has 0 bridgehead atoms. The highest BCUT2D eigenvalue weighted by molar-refractivity contribution is 7.11. The summed E-state index contributed by atoms with van der Waals surface area (Å²) in [6.45, 7) is 2.12. The molecule has 0 aliphatic carbocycles. The van der Waals surface area contributed by atoms with E-state index in [4.69, 9.17) is 5.73 Å². The Morgan fingerprint density at radius 1 is 1.36 bits per heavy atom. The van der Waals surface area contributed by atoms with Crippen LogP contribution in [-0.4, -0.2) is 4.98 Å². The number of aromatic nitrogens is 1. The molecule has 72 valence electrons. The number of nitrogens with two attached hydrogens (primary N) is 1. The first-order valence-electron chi connectivity index (χ1n) is 4.49. The molecule has 2 aromatic rings. The number of pyridine rings is 1. The van der Waals surface area contributed by atoms with Crippen molar-refractivity contribution in [3.63, 3.8) is 0 Å². The van der Waals surface area contributed by atoms with Crippen molar-refractivity contribution in [3.8, 4) is 0 Å². The maximum Gasteiger partial charge on any atom is 0.0503 e. The van der Waals surface area contributed by atoms with Gasteiger partial charge in [0.15, 0.2) is 0 Å². The van der Waals surface area contributed by atoms with Gasteiger partial charge in [-0.25, -0.2) is 0 Å². The Labute approximate surface area is 87.4 Å². The van der Waals surface area contributed by atoms with Crippen molar-refractivity contribution in [1.82, 2.24) is 4.98 Å². The number of hydrogen-bond acceptors (Lipinski definition) is 3. The molecule has 0 atom stereocenters. The van der Waals surface area contributed by atoms with E-state index in [0.29, 0.717) is 0 Å². The summed E-state index contributed by atoms with van der Waals surface area (Å²) in [5, 5.41) is 0. The second kappa shape index (κ2) is 3.80. The highest BCUT2D eigenvalue weighted by Crippen LogP contribution is 2.19. The zero-order valence-corrected chi connectivity index (χ0v) is 8.84. The molecule has 0 spiro atoms. The van der Waals surface area contributed by atoms with Gasteiger partial charge in [-0.05, 0) is 30.7 Å². The minimum absolute atomic E-state index is 0.732. The molecule has 0 aliphatic rings. The molecule has 0 aromatic carbocycles. The van der Waals surface area contributed by atoms with Crippen LogP contribution in [0.25, 0.3) is 0 Å². The summed E-state index contributed by atoms with van der Waals surface area (Å²) in [4.78, 5) is 6.77. The normalized spacial score (nSPS) is 10.4. The van der Waals surface area contributed by atoms with Crippen LogP contribution in [0.1, 0.15) is 15.3 Å². The van der Waals surface area contributed by atoms with E-state index in [-0.39, 0.29) is 0 Å². The van der Waals surface area contributed by atoms with Crippen LogP contribution in [0.5, 0.6) is 0 Å². The topological polar surface area (TPSA) is 38.9 Å². The molecule has 0 saturated heterocycles. The van der Waals surface area contributed by atoms with Crippen LogP contribution in [0.4, 0.5) is 5.69 Å². The van der Waals surface area contributed by atoms with Gasteiger partial charge in [0, 0.05) is 28.6 Å². The van der Waals surface area contributed by atoms with E-state index in [2.05, 4.69) is 24.0 Å². The van der Waals surface area contributed by atoms with Crippen LogP contribution in [0.3, 0.4) is 0 Å². The fourth-order valence-corrected chi connectivity index (χ4v) is 2.31. The van der Waals surface area contributed by atoms with Crippen molar-refractivity contribution >= 4 is 17.0 Å². The number of aryl methyl sites for hydroxylation is 1. The predicted molar refractivity (Wildman–Crippen MR) is 60.5 cm³/mol. The van der Waals surface area contributed by atoms with Gasteiger partial charge in [-0.15, -0.1) is 11.3 Å². The standard InChI is InChI=1S/C11H12N2S/c1-8-2-3-11(14-8)5-9-4-10(12)7-13-6-9/h2-4,6-7H,5,12H2,1H3. The number of hydrogen-bond donors (Lipinski definition) is 1. The van der Waals surface area contributed by atoms with Crippen molar-refractivity contribution in [2.45, 2.75) is 13.3 Å². The summed E-state index contributed by atoms with van der Waals surface area (Å²) >= 11 is 1.82. The third kappa shape index (κ3) is 2.12. The number of thiophene rings is 1. The highest BCUT2D eigenvalue weighted by atomic mass is 32.1. The Morgan fingerprint density at radius 2 is 2.21 bits per heavy atom. The third-order valence-corrected chi connectivity index (χ3v) is 2.99. The molecule has 2 heterocycles. The first-order chi connectivity index (χ1) is 6.74. The number of nitrogen functional groups attached to an aromatic ring is 1. The maximum atomic E-state index is 5.66. The largest absolute Gasteiger partial charge is 0.397 e. The second-order valence-corrected chi connectivity index (χ2v) is 4.69. The van der Waals surface area contributed by atoms with E-state index < -0.39 is 0 Å². The van der Waals surface area contributed by atoms with E-state index in [0.717, 1.165) is 12.1 Å². The third-order valence-electron chi connectivity index (χ3n) is 1.99. The summed E-state index contributed by atoms with van der Waals surface area (Å²) in [6.07, 6.45) is 4.46. The van der Waals surface area contributed by atoms with Crippen molar-refractivity contribution < 1.29 is 0 Å². The van der Waals surface area contributed by atoms with Crippen LogP contribution in [0, 0.1) is 6.92 Å². The molecule has 0 unspecified atom stereocenters. The molecular weight excluding hydrogens is 192 g/mol. The average molecular weight is 204 g/mol. The minimum atomic E-state index is 0.732. The monoisotopic (exact) mass is 204 g/mol. The second-order valence-electron chi connectivity index (χ2n) is 3.32. The zero-order valence-electron chi connectivity index (χ0n) is 8.03. The molecule has 2 N–H and O–H groups in total. The van der Waals surface area contributed by atoms with Crippen molar-refractivity contribution in [2.75, 3.05) is 5.73 Å². The smallest absolute Gasteiger partial charge is 0.0503 e. The van der Waals surface area contributed by atoms with Gasteiger partial charge in [-0.2, -0.15) is 0 Å². The summed E-state index contributed by atoms with van der Waals surface area (Å²) in [7, 11) is 0. The molecule has 2 aromatic heterocycles. The van der Waals surface area contributed by atoms with Gasteiger partial charge in [0.05, 0.1) is 5.69 Å². The van der Waals surface area contributed by atoms with E-state index in [1.54, 1.807) is 6.20 Å². The van der Waals surface area contributed by atoms with E-state index >= 15 is 0 Å². The zero-order chi connectivity index (χ0) is 9.97. The average Bonchev–Trinajstić information content (AvgIpc) is 2.51. The van der Waals surface area contributed by atoms with Crippen LogP contribution in [-0.2, 0) is 6.42 Å². The molecule has 0 radical (unpaired) electrons. The molecule has 3 heteroatoms. The quantitative estimate of drug-likeness (QED) is 0.816. The molecule has 0 fully saturated rings. The SMILES string of the molecule is Cc1ccc(Cc2cncc(N)c2)s1. The Morgan fingerprint density at radius 3 is 2.86 bits per heavy atom. The molecule has 0 amide bonds. The van der Waals surface area contributed by atoms with Gasteiger partial charge < -0.3 is 5.73 Å². The lowest BCUT2D eigenvalue weighted by atomic mass is 10.2. The van der Waals surface area contributed by atoms with Crippen molar-refractivity contribution in [1.29, 1.82) is 0 Å². The first kappa shape index (κ1) is 9.21. The fourth-order valence-electron chi connectivity index (χ4n) is 1.39. The first-order valence-corrected chi connectivity index (χ1v) is 5.30. The molecule has 2 nitrogen and oxygen atoms in total.